The van der Waals surface area contributed by atoms with Gasteiger partial charge in [-0.3, -0.25) is 4.79 Å². The molecular weight excluding hydrogens is 221 g/mol. The lowest BCUT2D eigenvalue weighted by Crippen LogP contribution is -2.04. The Morgan fingerprint density at radius 2 is 2.06 bits per heavy atom. The molecule has 0 amide bonds. The second-order valence-corrected chi connectivity index (χ2v) is 3.16. The van der Waals surface area contributed by atoms with Gasteiger partial charge in [0, 0.05) is 0 Å². The topological polar surface area (TPSA) is 26.3 Å². The first-order chi connectivity index (χ1) is 7.47. The summed E-state index contributed by atoms with van der Waals surface area (Å²) in [6, 6.07) is 2.04. The molecule has 0 unspecified atom stereocenters. The summed E-state index contributed by atoms with van der Waals surface area (Å²) in [5, 5.41) is 0. The normalized spacial score (nSPS) is 10.6. The summed E-state index contributed by atoms with van der Waals surface area (Å²) in [6.07, 6.45) is -2.97. The fourth-order valence-corrected chi connectivity index (χ4v) is 1.28. The molecule has 2 nitrogen and oxygen atoms in total. The van der Waals surface area contributed by atoms with E-state index in [9.17, 15) is 18.0 Å². The predicted octanol–water partition coefficient (Wildman–Crippen LogP) is 3.36. The van der Waals surface area contributed by atoms with E-state index < -0.39 is 23.6 Å². The van der Waals surface area contributed by atoms with Crippen LogP contribution >= 0.6 is 0 Å². The number of halogens is 3. The van der Waals surface area contributed by atoms with Crippen molar-refractivity contribution in [3.63, 3.8) is 0 Å². The summed E-state index contributed by atoms with van der Waals surface area (Å²) in [4.78, 5) is 11.1. The van der Waals surface area contributed by atoms with Gasteiger partial charge in [0.1, 0.15) is 11.6 Å². The molecule has 0 aliphatic carbocycles. The Labute approximate surface area is 91.0 Å². The number of Topliss-reactive ketones (excluding diaryl/α,β-unsaturated/α-hetero) is 1. The summed E-state index contributed by atoms with van der Waals surface area (Å²) >= 11 is 0. The van der Waals surface area contributed by atoms with Gasteiger partial charge in [-0.25, -0.2) is 13.2 Å². The van der Waals surface area contributed by atoms with E-state index in [0.29, 0.717) is 0 Å². The largest absolute Gasteiger partial charge is 0.494 e. The van der Waals surface area contributed by atoms with Gasteiger partial charge in [0.05, 0.1) is 17.7 Å². The van der Waals surface area contributed by atoms with Crippen LogP contribution in [-0.4, -0.2) is 12.4 Å². The van der Waals surface area contributed by atoms with Gasteiger partial charge < -0.3 is 4.74 Å². The van der Waals surface area contributed by atoms with Crippen LogP contribution in [0.15, 0.2) is 12.1 Å². The SMILES string of the molecule is CCOc1cc(C(C)=O)c(F)c(C(F)F)c1. The lowest BCUT2D eigenvalue weighted by atomic mass is 10.1. The molecule has 0 saturated carbocycles. The van der Waals surface area contributed by atoms with Crippen molar-refractivity contribution in [2.24, 2.45) is 0 Å². The number of rotatable bonds is 4. The second kappa shape index (κ2) is 5.01. The molecule has 16 heavy (non-hydrogen) atoms. The van der Waals surface area contributed by atoms with Gasteiger partial charge in [0.15, 0.2) is 5.78 Å². The third-order valence-corrected chi connectivity index (χ3v) is 2.00. The number of benzene rings is 1. The summed E-state index contributed by atoms with van der Waals surface area (Å²) in [5.41, 5.74) is -1.18. The molecule has 5 heteroatoms. The van der Waals surface area contributed by atoms with Crippen LogP contribution in [0.5, 0.6) is 5.75 Å². The standard InChI is InChI=1S/C11H11F3O2/c1-3-16-7-4-8(6(2)15)10(12)9(5-7)11(13)14/h4-5,11H,3H2,1-2H3. The lowest BCUT2D eigenvalue weighted by molar-refractivity contribution is 0.101. The molecule has 0 atom stereocenters. The molecule has 0 aliphatic heterocycles. The molecule has 0 saturated heterocycles. The molecule has 1 aromatic carbocycles. The van der Waals surface area contributed by atoms with Crippen molar-refractivity contribution in [2.45, 2.75) is 20.3 Å². The first kappa shape index (κ1) is 12.5. The smallest absolute Gasteiger partial charge is 0.266 e. The average Bonchev–Trinajstić information content (AvgIpc) is 2.19. The zero-order valence-electron chi connectivity index (χ0n) is 8.89. The van der Waals surface area contributed by atoms with Gasteiger partial charge >= 0.3 is 0 Å². The molecular formula is C11H11F3O2. The highest BCUT2D eigenvalue weighted by Crippen LogP contribution is 2.29. The fraction of sp³-hybridized carbons (Fsp3) is 0.364. The molecule has 0 heterocycles. The number of hydrogen-bond donors (Lipinski definition) is 0. The van der Waals surface area contributed by atoms with E-state index in [0.717, 1.165) is 19.1 Å². The zero-order valence-corrected chi connectivity index (χ0v) is 8.89. The van der Waals surface area contributed by atoms with E-state index >= 15 is 0 Å². The number of alkyl halides is 2. The zero-order chi connectivity index (χ0) is 12.3. The van der Waals surface area contributed by atoms with Gasteiger partial charge in [0.2, 0.25) is 0 Å². The molecule has 1 rings (SSSR count). The second-order valence-electron chi connectivity index (χ2n) is 3.16. The number of carbonyl (C=O) groups is 1. The Hall–Kier alpha value is -1.52. The number of ether oxygens (including phenoxy) is 1. The van der Waals surface area contributed by atoms with Crippen LogP contribution in [0.2, 0.25) is 0 Å². The summed E-state index contributed by atoms with van der Waals surface area (Å²) in [6.45, 7) is 3.04. The molecule has 0 radical (unpaired) electrons. The maximum Gasteiger partial charge on any atom is 0.266 e. The maximum absolute atomic E-state index is 13.4. The van der Waals surface area contributed by atoms with Gasteiger partial charge in [-0.15, -0.1) is 0 Å². The summed E-state index contributed by atoms with van der Waals surface area (Å²) < 4.78 is 43.4. The third-order valence-electron chi connectivity index (χ3n) is 2.00. The Bertz CT molecular complexity index is 402. The molecule has 0 bridgehead atoms. The van der Waals surface area contributed by atoms with Crippen LogP contribution in [0.25, 0.3) is 0 Å². The fourth-order valence-electron chi connectivity index (χ4n) is 1.28. The van der Waals surface area contributed by atoms with Crippen LogP contribution < -0.4 is 4.74 Å². The van der Waals surface area contributed by atoms with Crippen molar-refractivity contribution in [1.82, 2.24) is 0 Å². The molecule has 0 aromatic heterocycles. The highest BCUT2D eigenvalue weighted by Gasteiger charge is 2.20. The Morgan fingerprint density at radius 1 is 1.44 bits per heavy atom. The van der Waals surface area contributed by atoms with Gasteiger partial charge in [0.25, 0.3) is 6.43 Å². The van der Waals surface area contributed by atoms with Crippen molar-refractivity contribution < 1.29 is 22.7 Å². The molecule has 0 fully saturated rings. The van der Waals surface area contributed by atoms with E-state index in [1.165, 1.54) is 0 Å². The first-order valence-corrected chi connectivity index (χ1v) is 4.72. The quantitative estimate of drug-likeness (QED) is 0.744. The van der Waals surface area contributed by atoms with E-state index in [-0.39, 0.29) is 17.9 Å². The maximum atomic E-state index is 13.4. The van der Waals surface area contributed by atoms with Crippen molar-refractivity contribution in [1.29, 1.82) is 0 Å². The number of ketones is 1. The summed E-state index contributed by atoms with van der Waals surface area (Å²) in [5.74, 6) is -1.71. The van der Waals surface area contributed by atoms with Crippen molar-refractivity contribution in [3.8, 4) is 5.75 Å². The lowest BCUT2D eigenvalue weighted by Gasteiger charge is -2.10. The van der Waals surface area contributed by atoms with Crippen molar-refractivity contribution in [2.75, 3.05) is 6.61 Å². The average molecular weight is 232 g/mol. The van der Waals surface area contributed by atoms with Gasteiger partial charge in [-0.1, -0.05) is 0 Å². The monoisotopic (exact) mass is 232 g/mol. The minimum Gasteiger partial charge on any atom is -0.494 e. The minimum atomic E-state index is -2.97. The highest BCUT2D eigenvalue weighted by molar-refractivity contribution is 5.95. The first-order valence-electron chi connectivity index (χ1n) is 4.72. The molecule has 88 valence electrons. The Balaban J connectivity index is 3.33. The highest BCUT2D eigenvalue weighted by atomic mass is 19.3. The minimum absolute atomic E-state index is 0.0735. The number of carbonyl (C=O) groups excluding carboxylic acids is 1. The Kier molecular flexibility index (Phi) is 3.93. The van der Waals surface area contributed by atoms with Gasteiger partial charge in [-0.2, -0.15) is 0 Å². The van der Waals surface area contributed by atoms with E-state index in [1.807, 2.05) is 0 Å². The third kappa shape index (κ3) is 2.53. The van der Waals surface area contributed by atoms with Crippen LogP contribution in [-0.2, 0) is 0 Å². The molecule has 0 spiro atoms. The summed E-state index contributed by atoms with van der Waals surface area (Å²) in [7, 11) is 0. The van der Waals surface area contributed by atoms with Crippen LogP contribution in [0.4, 0.5) is 13.2 Å². The molecule has 1 aromatic rings. The van der Waals surface area contributed by atoms with E-state index in [2.05, 4.69) is 0 Å². The Morgan fingerprint density at radius 3 is 2.50 bits per heavy atom. The van der Waals surface area contributed by atoms with Crippen LogP contribution in [0.1, 0.15) is 36.2 Å². The van der Waals surface area contributed by atoms with E-state index in [4.69, 9.17) is 4.74 Å². The van der Waals surface area contributed by atoms with Crippen molar-refractivity contribution >= 4 is 5.78 Å². The predicted molar refractivity (Wildman–Crippen MR) is 52.5 cm³/mol. The van der Waals surface area contributed by atoms with E-state index in [1.54, 1.807) is 6.92 Å². The molecule has 0 N–H and O–H groups in total. The molecule has 0 aliphatic rings. The number of hydrogen-bond acceptors (Lipinski definition) is 2. The van der Waals surface area contributed by atoms with Gasteiger partial charge in [-0.05, 0) is 26.0 Å². The van der Waals surface area contributed by atoms with Crippen LogP contribution in [0, 0.1) is 5.82 Å². The van der Waals surface area contributed by atoms with Crippen LogP contribution in [0.3, 0.4) is 0 Å². The van der Waals surface area contributed by atoms with Crippen molar-refractivity contribution in [3.05, 3.63) is 29.1 Å².